The van der Waals surface area contributed by atoms with Crippen LogP contribution in [0.2, 0.25) is 0 Å². The van der Waals surface area contributed by atoms with Gasteiger partial charge in [-0.3, -0.25) is 4.79 Å². The maximum atomic E-state index is 12.2. The topological polar surface area (TPSA) is 61.3 Å². The summed E-state index contributed by atoms with van der Waals surface area (Å²) >= 11 is 0. The lowest BCUT2D eigenvalue weighted by molar-refractivity contribution is 0.0989. The number of carbonyl (C=O) groups is 1. The van der Waals surface area contributed by atoms with Crippen LogP contribution in [0.25, 0.3) is 0 Å². The van der Waals surface area contributed by atoms with Gasteiger partial charge in [0.05, 0.1) is 31.9 Å². The third-order valence-corrected chi connectivity index (χ3v) is 2.66. The summed E-state index contributed by atoms with van der Waals surface area (Å²) in [6, 6.07) is 8.76. The standard InChI is InChI=1S/C14H14N2O3/c1-18-13-6-4-3-5-11(13)12(17)7-10-8-14(19-2)16-9-15-10/h3-6,8-9H,7H2,1-2H3. The maximum Gasteiger partial charge on any atom is 0.216 e. The molecule has 98 valence electrons. The maximum absolute atomic E-state index is 12.2. The van der Waals surface area contributed by atoms with Crippen molar-refractivity contribution in [2.75, 3.05) is 14.2 Å². The first-order chi connectivity index (χ1) is 9.24. The van der Waals surface area contributed by atoms with E-state index in [1.54, 1.807) is 31.4 Å². The number of ether oxygens (including phenoxy) is 2. The normalized spacial score (nSPS) is 10.0. The molecule has 0 N–H and O–H groups in total. The highest BCUT2D eigenvalue weighted by atomic mass is 16.5. The predicted octanol–water partition coefficient (Wildman–Crippen LogP) is 1.92. The van der Waals surface area contributed by atoms with Crippen molar-refractivity contribution in [1.29, 1.82) is 0 Å². The molecule has 0 unspecified atom stereocenters. The molecule has 0 saturated heterocycles. The van der Waals surface area contributed by atoms with Crippen LogP contribution < -0.4 is 9.47 Å². The molecule has 0 aliphatic heterocycles. The number of aromatic nitrogens is 2. The number of nitrogens with zero attached hydrogens (tertiary/aromatic N) is 2. The molecule has 1 heterocycles. The first-order valence-corrected chi connectivity index (χ1v) is 5.75. The van der Waals surface area contributed by atoms with Crippen molar-refractivity contribution in [1.82, 2.24) is 9.97 Å². The summed E-state index contributed by atoms with van der Waals surface area (Å²) in [5.41, 5.74) is 1.16. The Morgan fingerprint density at radius 2 is 1.95 bits per heavy atom. The van der Waals surface area contributed by atoms with Crippen LogP contribution in [0.5, 0.6) is 11.6 Å². The summed E-state index contributed by atoms with van der Waals surface area (Å²) in [6.07, 6.45) is 1.56. The third-order valence-electron chi connectivity index (χ3n) is 2.66. The quantitative estimate of drug-likeness (QED) is 0.767. The van der Waals surface area contributed by atoms with Gasteiger partial charge in [0, 0.05) is 6.07 Å². The SMILES string of the molecule is COc1cc(CC(=O)c2ccccc2OC)ncn1. The Morgan fingerprint density at radius 1 is 1.16 bits per heavy atom. The van der Waals surface area contributed by atoms with Crippen LogP contribution in [-0.4, -0.2) is 30.0 Å². The third kappa shape index (κ3) is 3.07. The number of benzene rings is 1. The second-order valence-electron chi connectivity index (χ2n) is 3.85. The van der Waals surface area contributed by atoms with E-state index in [0.717, 1.165) is 0 Å². The fraction of sp³-hybridized carbons (Fsp3) is 0.214. The molecule has 2 rings (SSSR count). The van der Waals surface area contributed by atoms with Crippen molar-refractivity contribution in [3.8, 4) is 11.6 Å². The molecule has 0 radical (unpaired) electrons. The second kappa shape index (κ2) is 5.95. The van der Waals surface area contributed by atoms with Crippen LogP contribution >= 0.6 is 0 Å². The number of carbonyl (C=O) groups excluding carboxylic acids is 1. The van der Waals surface area contributed by atoms with E-state index in [1.165, 1.54) is 13.4 Å². The van der Waals surface area contributed by atoms with Crippen molar-refractivity contribution >= 4 is 5.78 Å². The van der Waals surface area contributed by atoms with Crippen molar-refractivity contribution < 1.29 is 14.3 Å². The lowest BCUT2D eigenvalue weighted by atomic mass is 10.1. The van der Waals surface area contributed by atoms with Crippen molar-refractivity contribution in [2.45, 2.75) is 6.42 Å². The van der Waals surface area contributed by atoms with Crippen molar-refractivity contribution in [3.05, 3.63) is 47.9 Å². The minimum absolute atomic E-state index is 0.0572. The Kier molecular flexibility index (Phi) is 4.07. The molecule has 0 saturated carbocycles. The number of hydrogen-bond acceptors (Lipinski definition) is 5. The molecule has 0 aliphatic carbocycles. The van der Waals surface area contributed by atoms with Crippen molar-refractivity contribution in [3.63, 3.8) is 0 Å². The summed E-state index contributed by atoms with van der Waals surface area (Å²) in [5, 5.41) is 0. The van der Waals surface area contributed by atoms with E-state index in [-0.39, 0.29) is 12.2 Å². The first kappa shape index (κ1) is 13.0. The monoisotopic (exact) mass is 258 g/mol. The fourth-order valence-electron chi connectivity index (χ4n) is 1.72. The molecule has 0 bridgehead atoms. The van der Waals surface area contributed by atoms with Crippen LogP contribution in [0.3, 0.4) is 0 Å². The van der Waals surface area contributed by atoms with Gasteiger partial charge in [-0.2, -0.15) is 0 Å². The van der Waals surface area contributed by atoms with Gasteiger partial charge >= 0.3 is 0 Å². The van der Waals surface area contributed by atoms with Crippen LogP contribution in [0.15, 0.2) is 36.7 Å². The molecular weight excluding hydrogens is 244 g/mol. The Bertz CT molecular complexity index is 584. The lowest BCUT2D eigenvalue weighted by Crippen LogP contribution is -2.07. The molecule has 19 heavy (non-hydrogen) atoms. The molecule has 5 heteroatoms. The molecule has 1 aromatic heterocycles. The van der Waals surface area contributed by atoms with E-state index in [1.807, 2.05) is 6.07 Å². The molecule has 2 aromatic rings. The van der Waals surface area contributed by atoms with E-state index in [4.69, 9.17) is 9.47 Å². The van der Waals surface area contributed by atoms with Gasteiger partial charge in [0.25, 0.3) is 0 Å². The smallest absolute Gasteiger partial charge is 0.216 e. The predicted molar refractivity (Wildman–Crippen MR) is 69.6 cm³/mol. The Hall–Kier alpha value is -2.43. The largest absolute Gasteiger partial charge is 0.496 e. The van der Waals surface area contributed by atoms with E-state index >= 15 is 0 Å². The molecule has 0 spiro atoms. The number of rotatable bonds is 5. The summed E-state index contributed by atoms with van der Waals surface area (Å²) in [6.45, 7) is 0. The molecule has 0 fully saturated rings. The molecule has 5 nitrogen and oxygen atoms in total. The molecular formula is C14H14N2O3. The minimum atomic E-state index is -0.0572. The molecule has 0 amide bonds. The molecule has 1 aromatic carbocycles. The van der Waals surface area contributed by atoms with Gasteiger partial charge in [-0.1, -0.05) is 12.1 Å². The second-order valence-corrected chi connectivity index (χ2v) is 3.85. The highest BCUT2D eigenvalue weighted by Gasteiger charge is 2.13. The van der Waals surface area contributed by atoms with Crippen LogP contribution in [0.4, 0.5) is 0 Å². The highest BCUT2D eigenvalue weighted by Crippen LogP contribution is 2.19. The Labute approximate surface area is 111 Å². The minimum Gasteiger partial charge on any atom is -0.496 e. The average molecular weight is 258 g/mol. The summed E-state index contributed by atoms with van der Waals surface area (Å²) in [5.74, 6) is 0.949. The summed E-state index contributed by atoms with van der Waals surface area (Å²) in [4.78, 5) is 20.2. The number of Topliss-reactive ketones (excluding diaryl/α,β-unsaturated/α-hetero) is 1. The number of ketones is 1. The zero-order valence-corrected chi connectivity index (χ0v) is 10.8. The summed E-state index contributed by atoms with van der Waals surface area (Å²) < 4.78 is 10.2. The number of methoxy groups -OCH3 is 2. The number of para-hydroxylation sites is 1. The first-order valence-electron chi connectivity index (χ1n) is 5.75. The van der Waals surface area contributed by atoms with Crippen LogP contribution in [0.1, 0.15) is 16.1 Å². The zero-order valence-electron chi connectivity index (χ0n) is 10.8. The van der Waals surface area contributed by atoms with Crippen molar-refractivity contribution in [2.24, 2.45) is 0 Å². The van der Waals surface area contributed by atoms with Gasteiger partial charge in [-0.25, -0.2) is 9.97 Å². The van der Waals surface area contributed by atoms with E-state index in [9.17, 15) is 4.79 Å². The average Bonchev–Trinajstić information content (AvgIpc) is 2.47. The Balaban J connectivity index is 2.20. The Morgan fingerprint density at radius 3 is 2.68 bits per heavy atom. The fourth-order valence-corrected chi connectivity index (χ4v) is 1.72. The van der Waals surface area contributed by atoms with Crippen LogP contribution in [-0.2, 0) is 6.42 Å². The zero-order chi connectivity index (χ0) is 13.7. The van der Waals surface area contributed by atoms with Gasteiger partial charge < -0.3 is 9.47 Å². The van der Waals surface area contributed by atoms with Gasteiger partial charge in [0.1, 0.15) is 12.1 Å². The van der Waals surface area contributed by atoms with Gasteiger partial charge in [0.2, 0.25) is 5.88 Å². The number of hydrogen-bond donors (Lipinski definition) is 0. The van der Waals surface area contributed by atoms with E-state index in [0.29, 0.717) is 22.9 Å². The van der Waals surface area contributed by atoms with E-state index in [2.05, 4.69) is 9.97 Å². The van der Waals surface area contributed by atoms with E-state index < -0.39 is 0 Å². The van der Waals surface area contributed by atoms with Crippen LogP contribution in [0, 0.1) is 0 Å². The summed E-state index contributed by atoms with van der Waals surface area (Å²) in [7, 11) is 3.06. The van der Waals surface area contributed by atoms with Gasteiger partial charge in [0.15, 0.2) is 5.78 Å². The molecule has 0 atom stereocenters. The van der Waals surface area contributed by atoms with Gasteiger partial charge in [-0.15, -0.1) is 0 Å². The highest BCUT2D eigenvalue weighted by molar-refractivity contribution is 5.99. The van der Waals surface area contributed by atoms with Gasteiger partial charge in [-0.05, 0) is 12.1 Å². The molecule has 0 aliphatic rings. The lowest BCUT2D eigenvalue weighted by Gasteiger charge is -2.07.